The molecule has 0 amide bonds. The molecule has 1 aromatic rings. The Labute approximate surface area is 186 Å². The Morgan fingerprint density at radius 2 is 1.52 bits per heavy atom. The minimum absolute atomic E-state index is 0. The van der Waals surface area contributed by atoms with E-state index in [2.05, 4.69) is 71.9 Å². The van der Waals surface area contributed by atoms with Gasteiger partial charge in [0.05, 0.1) is 0 Å². The van der Waals surface area contributed by atoms with Gasteiger partial charge in [0.2, 0.25) is 0 Å². The quantitative estimate of drug-likeness (QED) is 0.530. The third-order valence-corrected chi connectivity index (χ3v) is 11.8. The average molecular weight is 543 g/mol. The van der Waals surface area contributed by atoms with Gasteiger partial charge in [-0.2, -0.15) is 0 Å². The van der Waals surface area contributed by atoms with E-state index in [1.165, 1.54) is 18.4 Å². The van der Waals surface area contributed by atoms with Gasteiger partial charge in [-0.3, -0.25) is 0 Å². The summed E-state index contributed by atoms with van der Waals surface area (Å²) in [6, 6.07) is 9.11. The predicted molar refractivity (Wildman–Crippen MR) is 97.2 cm³/mol. The second-order valence-electron chi connectivity index (χ2n) is 7.30. The maximum Gasteiger partial charge on any atom is -1.00 e. The summed E-state index contributed by atoms with van der Waals surface area (Å²) in [5.41, 5.74) is 11.2. The maximum atomic E-state index is 2.54. The topological polar surface area (TPSA) is 0 Å². The number of hydrogen-bond acceptors (Lipinski definition) is 0. The Kier molecular flexibility index (Phi) is 8.38. The van der Waals surface area contributed by atoms with Crippen LogP contribution in [0.1, 0.15) is 69.1 Å². The number of hydrogen-bond donors (Lipinski definition) is 0. The molecule has 0 saturated heterocycles. The molecule has 0 aromatic heterocycles. The third-order valence-electron chi connectivity index (χ3n) is 6.18. The Bertz CT molecular complexity index is 716. The third kappa shape index (κ3) is 3.95. The van der Waals surface area contributed by atoms with Gasteiger partial charge in [-0.05, 0) is 0 Å². The number of halogens is 2. The van der Waals surface area contributed by atoms with Gasteiger partial charge in [0.1, 0.15) is 0 Å². The normalized spacial score (nSPS) is 20.6. The van der Waals surface area contributed by atoms with Crippen molar-refractivity contribution in [2.75, 3.05) is 0 Å². The Morgan fingerprint density at radius 1 is 0.960 bits per heavy atom. The zero-order chi connectivity index (χ0) is 16.8. The SMILES string of the molecule is CCCC1=Cc2ccccc2[CH]1[Zr+2][C]1(C)C(C)=C(C)C(C)=C1C.[Br-].[Br-]. The monoisotopic (exact) mass is 540 g/mol. The number of rotatable bonds is 4. The van der Waals surface area contributed by atoms with Crippen molar-refractivity contribution in [3.05, 3.63) is 63.3 Å². The molecule has 1 atom stereocenters. The van der Waals surface area contributed by atoms with Crippen molar-refractivity contribution >= 4 is 6.08 Å². The molecule has 0 saturated carbocycles. The molecule has 3 rings (SSSR count). The molecule has 0 N–H and O–H groups in total. The molecule has 0 nitrogen and oxygen atoms in total. The van der Waals surface area contributed by atoms with E-state index >= 15 is 0 Å². The molecule has 134 valence electrons. The fourth-order valence-electron chi connectivity index (χ4n) is 4.16. The van der Waals surface area contributed by atoms with Gasteiger partial charge in [-0.25, -0.2) is 0 Å². The van der Waals surface area contributed by atoms with Crippen LogP contribution in [0.15, 0.2) is 52.1 Å². The standard InChI is InChI=1S/C12H13.C10H15.2BrH.Zr/c1-2-5-10-8-11-6-3-4-7-12(11)9-10;1-6-7(2)9(4)10(5)8(6)3;;;/h3-4,6-9H,2,5H2,1H3;1-5H3;2*1H;/q;;;;+2/p-2. The van der Waals surface area contributed by atoms with Crippen LogP contribution in [0.5, 0.6) is 0 Å². The summed E-state index contributed by atoms with van der Waals surface area (Å²) in [4.78, 5) is 0. The van der Waals surface area contributed by atoms with Gasteiger partial charge >= 0.3 is 154 Å². The first-order chi connectivity index (χ1) is 10.9. The molecule has 0 aliphatic heterocycles. The van der Waals surface area contributed by atoms with E-state index in [9.17, 15) is 0 Å². The van der Waals surface area contributed by atoms with E-state index in [0.29, 0.717) is 3.12 Å². The largest absolute Gasteiger partial charge is 1.00 e. The number of benzene rings is 1. The number of allylic oxidation sites excluding steroid dienone is 5. The summed E-state index contributed by atoms with van der Waals surface area (Å²) in [5, 5.41) is 0. The molecule has 1 aromatic carbocycles. The Balaban J connectivity index is 0.00000156. The van der Waals surface area contributed by atoms with Crippen molar-refractivity contribution in [2.24, 2.45) is 0 Å². The van der Waals surface area contributed by atoms with Crippen LogP contribution < -0.4 is 34.0 Å². The van der Waals surface area contributed by atoms with Crippen LogP contribution in [0.4, 0.5) is 0 Å². The second kappa shape index (κ2) is 8.98. The fraction of sp³-hybridized carbons (Fsp3) is 0.455. The van der Waals surface area contributed by atoms with Crippen molar-refractivity contribution in [1.29, 1.82) is 0 Å². The van der Waals surface area contributed by atoms with E-state index in [1.54, 1.807) is 33.4 Å². The molecular weight excluding hydrogens is 515 g/mol. The van der Waals surface area contributed by atoms with Crippen molar-refractivity contribution in [1.82, 2.24) is 0 Å². The summed E-state index contributed by atoms with van der Waals surface area (Å²) < 4.78 is 1.13. The maximum absolute atomic E-state index is 2.54. The van der Waals surface area contributed by atoms with Crippen molar-refractivity contribution in [3.63, 3.8) is 0 Å². The zero-order valence-electron chi connectivity index (χ0n) is 16.1. The van der Waals surface area contributed by atoms with Crippen LogP contribution in [0.2, 0.25) is 3.12 Å². The molecule has 1 unspecified atom stereocenters. The van der Waals surface area contributed by atoms with Gasteiger partial charge < -0.3 is 34.0 Å². The molecule has 0 heterocycles. The summed E-state index contributed by atoms with van der Waals surface area (Å²) in [6.45, 7) is 14.3. The molecule has 25 heavy (non-hydrogen) atoms. The average Bonchev–Trinajstić information content (AvgIpc) is 2.95. The summed E-state index contributed by atoms with van der Waals surface area (Å²) in [5.74, 6) is 0. The Hall–Kier alpha value is 0.283. The van der Waals surface area contributed by atoms with Crippen LogP contribution in [-0.2, 0) is 23.2 Å². The first kappa shape index (κ1) is 23.3. The van der Waals surface area contributed by atoms with Gasteiger partial charge in [-0.15, -0.1) is 0 Å². The van der Waals surface area contributed by atoms with E-state index in [4.69, 9.17) is 0 Å². The van der Waals surface area contributed by atoms with Crippen LogP contribution in [0, 0.1) is 0 Å². The van der Waals surface area contributed by atoms with Crippen LogP contribution in [0.25, 0.3) is 6.08 Å². The van der Waals surface area contributed by atoms with Crippen molar-refractivity contribution in [2.45, 2.75) is 61.1 Å². The predicted octanol–water partition coefficient (Wildman–Crippen LogP) is 0.880. The molecule has 0 fully saturated rings. The van der Waals surface area contributed by atoms with Crippen molar-refractivity contribution < 1.29 is 57.2 Å². The smallest absolute Gasteiger partial charge is 1.00 e. The van der Waals surface area contributed by atoms with E-state index in [1.807, 2.05) is 0 Å². The second-order valence-corrected chi connectivity index (χ2v) is 11.9. The van der Waals surface area contributed by atoms with Gasteiger partial charge in [0.25, 0.3) is 0 Å². The van der Waals surface area contributed by atoms with Gasteiger partial charge in [0.15, 0.2) is 0 Å². The summed E-state index contributed by atoms with van der Waals surface area (Å²) in [7, 11) is 0. The zero-order valence-corrected chi connectivity index (χ0v) is 21.8. The molecule has 0 radical (unpaired) electrons. The molecule has 2 aliphatic carbocycles. The van der Waals surface area contributed by atoms with E-state index in [0.717, 1.165) is 3.63 Å². The minimum Gasteiger partial charge on any atom is -1.00 e. The van der Waals surface area contributed by atoms with E-state index in [-0.39, 0.29) is 34.0 Å². The van der Waals surface area contributed by atoms with Crippen LogP contribution in [-0.4, -0.2) is 0 Å². The van der Waals surface area contributed by atoms with Gasteiger partial charge in [0, 0.05) is 0 Å². The number of fused-ring (bicyclic) bond motifs is 1. The van der Waals surface area contributed by atoms with Gasteiger partial charge in [-0.1, -0.05) is 0 Å². The van der Waals surface area contributed by atoms with Crippen LogP contribution in [0.3, 0.4) is 0 Å². The van der Waals surface area contributed by atoms with E-state index < -0.39 is 23.2 Å². The molecule has 0 spiro atoms. The molecular formula is C22H28Br2Zr. The molecule has 0 bridgehead atoms. The summed E-state index contributed by atoms with van der Waals surface area (Å²) >= 11 is -0.701. The molecule has 2 aliphatic rings. The molecule has 3 heteroatoms. The summed E-state index contributed by atoms with van der Waals surface area (Å²) in [6.07, 6.45) is 5.02. The van der Waals surface area contributed by atoms with Crippen LogP contribution >= 0.6 is 0 Å². The first-order valence-electron chi connectivity index (χ1n) is 8.83. The Morgan fingerprint density at radius 3 is 2.08 bits per heavy atom. The van der Waals surface area contributed by atoms with Crippen molar-refractivity contribution in [3.8, 4) is 0 Å². The fourth-order valence-corrected chi connectivity index (χ4v) is 9.61. The first-order valence-corrected chi connectivity index (χ1v) is 11.5. The minimum atomic E-state index is -0.701.